The molecule has 0 heterocycles. The molecule has 0 unspecified atom stereocenters. The van der Waals surface area contributed by atoms with E-state index in [0.29, 0.717) is 18.5 Å². The maximum absolute atomic E-state index is 11.2. The van der Waals surface area contributed by atoms with Gasteiger partial charge in [0, 0.05) is 6.04 Å². The van der Waals surface area contributed by atoms with Crippen molar-refractivity contribution in [3.8, 4) is 0 Å². The summed E-state index contributed by atoms with van der Waals surface area (Å²) >= 11 is 0. The van der Waals surface area contributed by atoms with Gasteiger partial charge in [0.1, 0.15) is 0 Å². The molecule has 1 aromatic rings. The highest BCUT2D eigenvalue weighted by atomic mass is 127. The number of halogens is 1. The third-order valence-electron chi connectivity index (χ3n) is 2.99. The third kappa shape index (κ3) is 4.91. The minimum Gasteiger partial charge on any atom is -0.370 e. The molecule has 0 aromatic heterocycles. The molecule has 0 amide bonds. The average molecular weight is 410 g/mol. The van der Waals surface area contributed by atoms with Crippen LogP contribution in [-0.2, 0) is 16.6 Å². The van der Waals surface area contributed by atoms with E-state index in [1.54, 1.807) is 12.1 Å². The number of sulfonamides is 1. The normalized spacial score (nSPS) is 15.6. The van der Waals surface area contributed by atoms with Crippen LogP contribution in [0.3, 0.4) is 0 Å². The van der Waals surface area contributed by atoms with Gasteiger partial charge in [-0.3, -0.25) is 0 Å². The summed E-state index contributed by atoms with van der Waals surface area (Å²) < 4.78 is 22.4. The maximum Gasteiger partial charge on any atom is 0.238 e. The summed E-state index contributed by atoms with van der Waals surface area (Å²) in [5.74, 6) is 0.428. The lowest BCUT2D eigenvalue weighted by atomic mass is 10.1. The van der Waals surface area contributed by atoms with Crippen LogP contribution in [0.1, 0.15) is 24.0 Å². The number of nitrogens with two attached hydrogens (primary N) is 2. The number of benzene rings is 1. The van der Waals surface area contributed by atoms with E-state index in [0.717, 1.165) is 24.0 Å². The van der Waals surface area contributed by atoms with Gasteiger partial charge in [-0.25, -0.2) is 18.5 Å². The fourth-order valence-corrected chi connectivity index (χ4v) is 2.27. The van der Waals surface area contributed by atoms with E-state index < -0.39 is 10.0 Å². The number of hydrogen-bond donors (Lipinski definition) is 3. The first-order valence-electron chi connectivity index (χ1n) is 6.05. The molecule has 20 heavy (non-hydrogen) atoms. The third-order valence-corrected chi connectivity index (χ3v) is 3.90. The highest BCUT2D eigenvalue weighted by Crippen LogP contribution is 2.18. The first kappa shape index (κ1) is 17.2. The molecule has 5 N–H and O–H groups in total. The van der Waals surface area contributed by atoms with Gasteiger partial charge in [-0.05, 0) is 43.0 Å². The van der Waals surface area contributed by atoms with Crippen molar-refractivity contribution in [3.05, 3.63) is 29.3 Å². The van der Waals surface area contributed by atoms with Crippen LogP contribution in [0, 0.1) is 6.92 Å². The van der Waals surface area contributed by atoms with Crippen molar-refractivity contribution >= 4 is 40.0 Å². The van der Waals surface area contributed by atoms with Crippen LogP contribution in [0.5, 0.6) is 0 Å². The molecule has 112 valence electrons. The molecule has 1 fully saturated rings. The summed E-state index contributed by atoms with van der Waals surface area (Å²) in [5, 5.41) is 8.17. The zero-order valence-electron chi connectivity index (χ0n) is 11.2. The van der Waals surface area contributed by atoms with Crippen molar-refractivity contribution in [2.24, 2.45) is 15.9 Å². The van der Waals surface area contributed by atoms with E-state index >= 15 is 0 Å². The lowest BCUT2D eigenvalue weighted by Crippen LogP contribution is -2.33. The molecular formula is C12H19IN4O2S. The number of guanidine groups is 1. The summed E-state index contributed by atoms with van der Waals surface area (Å²) in [4.78, 5) is 4.34. The van der Waals surface area contributed by atoms with Crippen molar-refractivity contribution < 1.29 is 8.42 Å². The van der Waals surface area contributed by atoms with E-state index in [9.17, 15) is 8.42 Å². The summed E-state index contributed by atoms with van der Waals surface area (Å²) in [6.07, 6.45) is 2.27. The van der Waals surface area contributed by atoms with Crippen LogP contribution in [0.15, 0.2) is 28.1 Å². The Morgan fingerprint density at radius 1 is 1.45 bits per heavy atom. The van der Waals surface area contributed by atoms with Crippen molar-refractivity contribution in [3.63, 3.8) is 0 Å². The molecule has 0 saturated heterocycles. The maximum atomic E-state index is 11.2. The Balaban J connectivity index is 0.00000200. The lowest BCUT2D eigenvalue weighted by molar-refractivity contribution is 0.597. The van der Waals surface area contributed by atoms with Crippen molar-refractivity contribution in [1.29, 1.82) is 0 Å². The van der Waals surface area contributed by atoms with Crippen LogP contribution >= 0.6 is 24.0 Å². The van der Waals surface area contributed by atoms with Gasteiger partial charge in [0.2, 0.25) is 10.0 Å². The number of nitrogens with one attached hydrogen (secondary N) is 1. The monoisotopic (exact) mass is 410 g/mol. The van der Waals surface area contributed by atoms with Crippen molar-refractivity contribution in [2.75, 3.05) is 0 Å². The van der Waals surface area contributed by atoms with Gasteiger partial charge in [-0.15, -0.1) is 24.0 Å². The number of hydrogen-bond acceptors (Lipinski definition) is 3. The molecule has 2 rings (SSSR count). The van der Waals surface area contributed by atoms with E-state index in [1.165, 1.54) is 6.07 Å². The van der Waals surface area contributed by atoms with E-state index in [-0.39, 0.29) is 28.9 Å². The molecule has 1 aliphatic carbocycles. The van der Waals surface area contributed by atoms with Gasteiger partial charge in [-0.2, -0.15) is 0 Å². The molecule has 0 atom stereocenters. The second-order valence-corrected chi connectivity index (χ2v) is 6.31. The van der Waals surface area contributed by atoms with Crippen LogP contribution < -0.4 is 16.2 Å². The molecular weight excluding hydrogens is 391 g/mol. The quantitative estimate of drug-likeness (QED) is 0.388. The van der Waals surface area contributed by atoms with Crippen molar-refractivity contribution in [1.82, 2.24) is 5.32 Å². The Kier molecular flexibility index (Phi) is 5.78. The minimum absolute atomic E-state index is 0. The average Bonchev–Trinajstić information content (AvgIpc) is 3.10. The topological polar surface area (TPSA) is 111 Å². The molecule has 6 nitrogen and oxygen atoms in total. The van der Waals surface area contributed by atoms with Gasteiger partial charge in [0.25, 0.3) is 0 Å². The molecule has 1 saturated carbocycles. The molecule has 0 spiro atoms. The molecule has 1 aromatic carbocycles. The fourth-order valence-electron chi connectivity index (χ4n) is 1.68. The van der Waals surface area contributed by atoms with Gasteiger partial charge < -0.3 is 11.1 Å². The Morgan fingerprint density at radius 2 is 2.10 bits per heavy atom. The predicted octanol–water partition coefficient (Wildman–Crippen LogP) is 0.827. The summed E-state index contributed by atoms with van der Waals surface area (Å²) in [6, 6.07) is 5.21. The predicted molar refractivity (Wildman–Crippen MR) is 89.5 cm³/mol. The first-order valence-corrected chi connectivity index (χ1v) is 7.59. The fraction of sp³-hybridized carbons (Fsp3) is 0.417. The number of aryl methyl sites for hydroxylation is 1. The van der Waals surface area contributed by atoms with Crippen LogP contribution in [0.2, 0.25) is 0 Å². The van der Waals surface area contributed by atoms with E-state index in [2.05, 4.69) is 10.3 Å². The molecule has 8 heteroatoms. The van der Waals surface area contributed by atoms with Crippen molar-refractivity contribution in [2.45, 2.75) is 37.2 Å². The molecule has 0 radical (unpaired) electrons. The second-order valence-electron chi connectivity index (χ2n) is 4.75. The van der Waals surface area contributed by atoms with E-state index in [4.69, 9.17) is 10.9 Å². The zero-order chi connectivity index (χ0) is 14.0. The number of primary sulfonamides is 1. The Labute approximate surface area is 136 Å². The van der Waals surface area contributed by atoms with E-state index in [1.807, 2.05) is 6.92 Å². The van der Waals surface area contributed by atoms with Crippen LogP contribution in [-0.4, -0.2) is 20.4 Å². The number of nitrogens with zero attached hydrogens (tertiary/aromatic N) is 1. The lowest BCUT2D eigenvalue weighted by Gasteiger charge is -2.07. The number of rotatable bonds is 4. The van der Waals surface area contributed by atoms with Gasteiger partial charge in [-0.1, -0.05) is 6.07 Å². The largest absolute Gasteiger partial charge is 0.370 e. The molecule has 0 aliphatic heterocycles. The van der Waals surface area contributed by atoms with Crippen LogP contribution in [0.4, 0.5) is 0 Å². The standard InChI is InChI=1S/C12H18N4O2S.HI/c1-8-6-11(19(14,17)18)5-2-9(8)7-15-12(13)16-10-3-4-10;/h2,5-6,10H,3-4,7H2,1H3,(H3,13,15,16)(H2,14,17,18);1H. The molecule has 0 bridgehead atoms. The zero-order valence-corrected chi connectivity index (χ0v) is 14.3. The summed E-state index contributed by atoms with van der Waals surface area (Å²) in [6.45, 7) is 2.24. The summed E-state index contributed by atoms with van der Waals surface area (Å²) in [5.41, 5.74) is 7.49. The van der Waals surface area contributed by atoms with Gasteiger partial charge in [0.15, 0.2) is 5.96 Å². The first-order chi connectivity index (χ1) is 8.86. The molecule has 1 aliphatic rings. The SMILES string of the molecule is Cc1cc(S(N)(=O)=O)ccc1CN=C(N)NC1CC1.I. The Morgan fingerprint density at radius 3 is 2.60 bits per heavy atom. The second kappa shape index (κ2) is 6.72. The van der Waals surface area contributed by atoms with Gasteiger partial charge >= 0.3 is 0 Å². The summed E-state index contributed by atoms with van der Waals surface area (Å²) in [7, 11) is -3.65. The smallest absolute Gasteiger partial charge is 0.238 e. The highest BCUT2D eigenvalue weighted by molar-refractivity contribution is 14.0. The minimum atomic E-state index is -3.65. The Hall–Kier alpha value is -0.870. The van der Waals surface area contributed by atoms with Gasteiger partial charge in [0.05, 0.1) is 11.4 Å². The Bertz CT molecular complexity index is 612. The highest BCUT2D eigenvalue weighted by Gasteiger charge is 2.21. The number of aliphatic imine (C=N–C) groups is 1. The van der Waals surface area contributed by atoms with Crippen LogP contribution in [0.25, 0.3) is 0 Å².